The lowest BCUT2D eigenvalue weighted by Crippen LogP contribution is -2.59. The van der Waals surface area contributed by atoms with Crippen molar-refractivity contribution in [3.05, 3.63) is 35.9 Å². The van der Waals surface area contributed by atoms with Crippen molar-refractivity contribution in [2.75, 3.05) is 13.2 Å². The number of rotatable bonds is 15. The molecule has 3 atom stereocenters. The normalized spacial score (nSPS) is 13.0. The van der Waals surface area contributed by atoms with Crippen LogP contribution in [-0.2, 0) is 40.1 Å². The molecule has 0 saturated carbocycles. The number of carbonyl (C=O) groups excluding carboxylic acids is 6. The Labute approximate surface area is 227 Å². The molecule has 6 N–H and O–H groups in total. The van der Waals surface area contributed by atoms with Crippen molar-refractivity contribution >= 4 is 35.7 Å². The van der Waals surface area contributed by atoms with Crippen LogP contribution in [-0.4, -0.2) is 67.0 Å². The fourth-order valence-electron chi connectivity index (χ4n) is 3.37. The summed E-state index contributed by atoms with van der Waals surface area (Å²) in [5.41, 5.74) is 5.97. The van der Waals surface area contributed by atoms with Crippen LogP contribution in [0.4, 0.5) is 4.79 Å². The van der Waals surface area contributed by atoms with E-state index >= 15 is 0 Å². The monoisotopic (exact) mass is 549 g/mol. The number of benzene rings is 1. The molecule has 0 aliphatic heterocycles. The van der Waals surface area contributed by atoms with Crippen LogP contribution >= 0.6 is 0 Å². The van der Waals surface area contributed by atoms with E-state index in [1.165, 1.54) is 0 Å². The molecule has 1 rings (SSSR count). The summed E-state index contributed by atoms with van der Waals surface area (Å²) in [5.74, 6) is -4.40. The summed E-state index contributed by atoms with van der Waals surface area (Å²) in [7, 11) is 0. The molecular weight excluding hydrogens is 510 g/mol. The van der Waals surface area contributed by atoms with Crippen molar-refractivity contribution in [3.63, 3.8) is 0 Å². The van der Waals surface area contributed by atoms with Crippen LogP contribution in [0.1, 0.15) is 46.6 Å². The van der Waals surface area contributed by atoms with Crippen LogP contribution in [0.3, 0.4) is 0 Å². The number of hydrogen-bond donors (Lipinski definition) is 5. The van der Waals surface area contributed by atoms with Crippen LogP contribution < -0.4 is 27.0 Å². The van der Waals surface area contributed by atoms with E-state index < -0.39 is 66.2 Å². The second-order valence-corrected chi connectivity index (χ2v) is 9.41. The van der Waals surface area contributed by atoms with Crippen LogP contribution in [0, 0.1) is 11.8 Å². The van der Waals surface area contributed by atoms with Gasteiger partial charge in [0.25, 0.3) is 0 Å². The lowest BCUT2D eigenvalue weighted by Gasteiger charge is -2.28. The van der Waals surface area contributed by atoms with Crippen LogP contribution in [0.15, 0.2) is 30.3 Å². The van der Waals surface area contributed by atoms with Gasteiger partial charge in [-0.15, -0.1) is 0 Å². The van der Waals surface area contributed by atoms with Crippen LogP contribution in [0.2, 0.25) is 0 Å². The fraction of sp³-hybridized carbons (Fsp3) is 0.538. The maximum atomic E-state index is 13.1. The maximum Gasteiger partial charge on any atom is 0.408 e. The molecule has 216 valence electrons. The van der Waals surface area contributed by atoms with Gasteiger partial charge >= 0.3 is 12.1 Å². The largest absolute Gasteiger partial charge is 0.465 e. The van der Waals surface area contributed by atoms with E-state index in [-0.39, 0.29) is 25.7 Å². The standard InChI is InChI=1S/C26H39N5O8/c1-6-38-20(33)13-28-24(35)21(15(2)3)31-25(36)22(16(4)5)30-23(34)18(12-19(27)32)29-26(37)39-14-17-10-8-7-9-11-17/h7-11,15-16,18,21-22H,6,12-14H2,1-5H3,(H2,27,32)(H,28,35)(H,29,37)(H,30,34)(H,31,36)/t18-,21-,22-/m0/s1. The minimum absolute atomic E-state index is 0.0660. The molecule has 0 spiro atoms. The van der Waals surface area contributed by atoms with Gasteiger partial charge < -0.3 is 36.5 Å². The molecule has 0 unspecified atom stereocenters. The molecule has 0 heterocycles. The van der Waals surface area contributed by atoms with Gasteiger partial charge in [0.1, 0.15) is 31.3 Å². The molecule has 0 aliphatic carbocycles. The smallest absolute Gasteiger partial charge is 0.408 e. The van der Waals surface area contributed by atoms with Crippen molar-refractivity contribution in [2.24, 2.45) is 17.6 Å². The number of esters is 1. The Bertz CT molecular complexity index is 999. The predicted octanol–water partition coefficient (Wildman–Crippen LogP) is 0.118. The first-order valence-corrected chi connectivity index (χ1v) is 12.6. The maximum absolute atomic E-state index is 13.1. The first-order valence-electron chi connectivity index (χ1n) is 12.6. The summed E-state index contributed by atoms with van der Waals surface area (Å²) in [4.78, 5) is 74.2. The molecule has 13 nitrogen and oxygen atoms in total. The highest BCUT2D eigenvalue weighted by Crippen LogP contribution is 2.08. The summed E-state index contributed by atoms with van der Waals surface area (Å²) in [6.45, 7) is 8.10. The second-order valence-electron chi connectivity index (χ2n) is 9.41. The summed E-state index contributed by atoms with van der Waals surface area (Å²) in [6.07, 6.45) is -1.49. The van der Waals surface area contributed by atoms with Crippen molar-refractivity contribution in [2.45, 2.75) is 65.8 Å². The topological polar surface area (TPSA) is 195 Å². The SMILES string of the molecule is CCOC(=O)CNC(=O)[C@@H](NC(=O)[C@@H](NC(=O)[C@H](CC(N)=O)NC(=O)OCc1ccccc1)C(C)C)C(C)C. The highest BCUT2D eigenvalue weighted by molar-refractivity contribution is 5.96. The lowest BCUT2D eigenvalue weighted by molar-refractivity contribution is -0.143. The average molecular weight is 550 g/mol. The average Bonchev–Trinajstić information content (AvgIpc) is 2.87. The molecule has 1 aromatic carbocycles. The third-order valence-corrected chi connectivity index (χ3v) is 5.43. The van der Waals surface area contributed by atoms with Gasteiger partial charge in [-0.1, -0.05) is 58.0 Å². The first kappa shape index (κ1) is 32.9. The van der Waals surface area contributed by atoms with Gasteiger partial charge in [-0.3, -0.25) is 24.0 Å². The number of nitrogens with two attached hydrogens (primary N) is 1. The number of amides is 5. The summed E-state index contributed by atoms with van der Waals surface area (Å²) < 4.78 is 9.89. The first-order chi connectivity index (χ1) is 18.3. The van der Waals surface area contributed by atoms with Crippen LogP contribution in [0.5, 0.6) is 0 Å². The van der Waals surface area contributed by atoms with Crippen molar-refractivity contribution in [1.82, 2.24) is 21.3 Å². The Morgan fingerprint density at radius 1 is 0.795 bits per heavy atom. The summed E-state index contributed by atoms with van der Waals surface area (Å²) >= 11 is 0. The molecule has 0 aromatic heterocycles. The highest BCUT2D eigenvalue weighted by atomic mass is 16.5. The molecule has 0 bridgehead atoms. The third kappa shape index (κ3) is 12.3. The van der Waals surface area contributed by atoms with Crippen molar-refractivity contribution in [1.29, 1.82) is 0 Å². The minimum Gasteiger partial charge on any atom is -0.465 e. The number of nitrogens with one attached hydrogen (secondary N) is 4. The zero-order valence-corrected chi connectivity index (χ0v) is 22.9. The molecule has 0 fully saturated rings. The van der Waals surface area contributed by atoms with E-state index in [0.29, 0.717) is 5.56 Å². The zero-order chi connectivity index (χ0) is 29.5. The summed E-state index contributed by atoms with van der Waals surface area (Å²) in [6, 6.07) is 5.27. The zero-order valence-electron chi connectivity index (χ0n) is 22.9. The van der Waals surface area contributed by atoms with Gasteiger partial charge in [0, 0.05) is 0 Å². The van der Waals surface area contributed by atoms with E-state index in [1.54, 1.807) is 65.0 Å². The van der Waals surface area contributed by atoms with E-state index in [9.17, 15) is 28.8 Å². The Hall–Kier alpha value is -4.16. The van der Waals surface area contributed by atoms with Gasteiger partial charge in [0.15, 0.2) is 0 Å². The van der Waals surface area contributed by atoms with E-state index in [1.807, 2.05) is 0 Å². The molecule has 0 saturated heterocycles. The number of ether oxygens (including phenoxy) is 2. The number of carbonyl (C=O) groups is 6. The van der Waals surface area contributed by atoms with E-state index in [4.69, 9.17) is 15.2 Å². The number of hydrogen-bond acceptors (Lipinski definition) is 8. The minimum atomic E-state index is -1.41. The Balaban J connectivity index is 2.88. The molecule has 0 aliphatic rings. The number of primary amides is 1. The Morgan fingerprint density at radius 3 is 1.90 bits per heavy atom. The fourth-order valence-corrected chi connectivity index (χ4v) is 3.37. The Morgan fingerprint density at radius 2 is 1.36 bits per heavy atom. The van der Waals surface area contributed by atoms with Crippen molar-refractivity contribution < 1.29 is 38.2 Å². The van der Waals surface area contributed by atoms with Gasteiger partial charge in [-0.05, 0) is 24.3 Å². The second kappa shape index (κ2) is 16.6. The number of alkyl carbamates (subject to hydrolysis) is 1. The molecule has 39 heavy (non-hydrogen) atoms. The van der Waals surface area contributed by atoms with Gasteiger partial charge in [-0.2, -0.15) is 0 Å². The quantitative estimate of drug-likeness (QED) is 0.190. The van der Waals surface area contributed by atoms with Gasteiger partial charge in [0.05, 0.1) is 13.0 Å². The third-order valence-electron chi connectivity index (χ3n) is 5.43. The molecular formula is C26H39N5O8. The van der Waals surface area contributed by atoms with Gasteiger partial charge in [-0.25, -0.2) is 4.79 Å². The van der Waals surface area contributed by atoms with E-state index in [0.717, 1.165) is 0 Å². The predicted molar refractivity (Wildman–Crippen MR) is 141 cm³/mol. The highest BCUT2D eigenvalue weighted by Gasteiger charge is 2.33. The van der Waals surface area contributed by atoms with E-state index in [2.05, 4.69) is 21.3 Å². The van der Waals surface area contributed by atoms with Crippen LogP contribution in [0.25, 0.3) is 0 Å². The van der Waals surface area contributed by atoms with Crippen molar-refractivity contribution in [3.8, 4) is 0 Å². The van der Waals surface area contributed by atoms with Gasteiger partial charge in [0.2, 0.25) is 23.6 Å². The molecule has 0 radical (unpaired) electrons. The molecule has 5 amide bonds. The lowest BCUT2D eigenvalue weighted by atomic mass is 9.99. The molecule has 1 aromatic rings. The summed E-state index contributed by atoms with van der Waals surface area (Å²) in [5, 5.41) is 9.84. The molecule has 13 heteroatoms. The Kier molecular flexibility index (Phi) is 14.0.